The Kier molecular flexibility index (Phi) is 5.11. The molecule has 2 aromatic rings. The summed E-state index contributed by atoms with van der Waals surface area (Å²) in [5, 5.41) is 3.11. The van der Waals surface area contributed by atoms with Crippen molar-refractivity contribution in [3.8, 4) is 11.5 Å². The van der Waals surface area contributed by atoms with E-state index < -0.39 is 11.6 Å². The van der Waals surface area contributed by atoms with Crippen LogP contribution in [0.1, 0.15) is 11.1 Å². The van der Waals surface area contributed by atoms with Gasteiger partial charge in [0.15, 0.2) is 11.5 Å². The summed E-state index contributed by atoms with van der Waals surface area (Å²) in [7, 11) is 3.14. The lowest BCUT2D eigenvalue weighted by atomic mass is 10.1. The van der Waals surface area contributed by atoms with Crippen molar-refractivity contribution in [2.45, 2.75) is 13.1 Å². The van der Waals surface area contributed by atoms with E-state index in [2.05, 4.69) is 5.32 Å². The molecule has 0 saturated carbocycles. The van der Waals surface area contributed by atoms with Crippen LogP contribution in [0.5, 0.6) is 11.5 Å². The highest BCUT2D eigenvalue weighted by Crippen LogP contribution is 2.30. The van der Waals surface area contributed by atoms with Crippen molar-refractivity contribution in [1.29, 1.82) is 0 Å². The van der Waals surface area contributed by atoms with Crippen molar-refractivity contribution >= 4 is 0 Å². The fraction of sp³-hybridized carbons (Fsp3) is 0.250. The van der Waals surface area contributed by atoms with Crippen LogP contribution in [0.2, 0.25) is 0 Å². The Morgan fingerprint density at radius 2 is 1.71 bits per heavy atom. The third kappa shape index (κ3) is 3.70. The lowest BCUT2D eigenvalue weighted by Crippen LogP contribution is -2.14. The van der Waals surface area contributed by atoms with E-state index in [0.717, 1.165) is 11.6 Å². The summed E-state index contributed by atoms with van der Waals surface area (Å²) < 4.78 is 36.9. The number of hydrogen-bond acceptors (Lipinski definition) is 3. The smallest absolute Gasteiger partial charge is 0.165 e. The molecule has 1 N–H and O–H groups in total. The monoisotopic (exact) mass is 293 g/mol. The van der Waals surface area contributed by atoms with Crippen LogP contribution in [0.4, 0.5) is 8.78 Å². The third-order valence-corrected chi connectivity index (χ3v) is 3.13. The largest absolute Gasteiger partial charge is 0.493 e. The summed E-state index contributed by atoms with van der Waals surface area (Å²) in [4.78, 5) is 0. The van der Waals surface area contributed by atoms with E-state index in [1.54, 1.807) is 14.2 Å². The van der Waals surface area contributed by atoms with Crippen molar-refractivity contribution in [3.63, 3.8) is 0 Å². The van der Waals surface area contributed by atoms with E-state index in [4.69, 9.17) is 9.47 Å². The predicted octanol–water partition coefficient (Wildman–Crippen LogP) is 3.27. The quantitative estimate of drug-likeness (QED) is 0.886. The number of hydrogen-bond donors (Lipinski definition) is 1. The van der Waals surface area contributed by atoms with Gasteiger partial charge in [0.05, 0.1) is 14.2 Å². The molecular weight excluding hydrogens is 276 g/mol. The molecule has 0 aliphatic heterocycles. The van der Waals surface area contributed by atoms with Gasteiger partial charge in [0.2, 0.25) is 0 Å². The van der Waals surface area contributed by atoms with Gasteiger partial charge in [-0.25, -0.2) is 8.78 Å². The Morgan fingerprint density at radius 1 is 0.952 bits per heavy atom. The standard InChI is InChI=1S/C16H17F2NO2/c1-20-15-5-3-4-12(16(15)21-2)10-19-9-11-6-7-13(17)8-14(11)18/h3-8,19H,9-10H2,1-2H3. The first kappa shape index (κ1) is 15.3. The van der Waals surface area contributed by atoms with Crippen LogP contribution < -0.4 is 14.8 Å². The molecule has 3 nitrogen and oxygen atoms in total. The van der Waals surface area contributed by atoms with Crippen LogP contribution in [0.3, 0.4) is 0 Å². The summed E-state index contributed by atoms with van der Waals surface area (Å²) in [5.74, 6) is 0.155. The average molecular weight is 293 g/mol. The van der Waals surface area contributed by atoms with E-state index in [1.165, 1.54) is 12.1 Å². The number of methoxy groups -OCH3 is 2. The van der Waals surface area contributed by atoms with Gasteiger partial charge in [-0.1, -0.05) is 18.2 Å². The van der Waals surface area contributed by atoms with E-state index >= 15 is 0 Å². The van der Waals surface area contributed by atoms with Gasteiger partial charge in [0.25, 0.3) is 0 Å². The molecule has 0 saturated heterocycles. The Labute approximate surface area is 122 Å². The summed E-state index contributed by atoms with van der Waals surface area (Å²) in [6, 6.07) is 9.12. The van der Waals surface area contributed by atoms with Crippen molar-refractivity contribution in [2.75, 3.05) is 14.2 Å². The molecular formula is C16H17F2NO2. The minimum atomic E-state index is -0.578. The van der Waals surface area contributed by atoms with Crippen LogP contribution in [0.15, 0.2) is 36.4 Å². The van der Waals surface area contributed by atoms with E-state index in [1.807, 2.05) is 18.2 Å². The second-order valence-electron chi connectivity index (χ2n) is 4.49. The first-order valence-corrected chi connectivity index (χ1v) is 6.50. The van der Waals surface area contributed by atoms with Crippen LogP contribution in [-0.2, 0) is 13.1 Å². The third-order valence-electron chi connectivity index (χ3n) is 3.13. The van der Waals surface area contributed by atoms with Gasteiger partial charge in [-0.05, 0) is 12.1 Å². The molecule has 0 spiro atoms. The molecule has 0 aliphatic carbocycles. The minimum absolute atomic E-state index is 0.298. The molecule has 0 aliphatic rings. The zero-order valence-electron chi connectivity index (χ0n) is 12.0. The molecule has 5 heteroatoms. The maximum Gasteiger partial charge on any atom is 0.165 e. The van der Waals surface area contributed by atoms with Crippen molar-refractivity contribution < 1.29 is 18.3 Å². The second-order valence-corrected chi connectivity index (χ2v) is 4.49. The summed E-state index contributed by atoms with van der Waals surface area (Å²) in [6.45, 7) is 0.781. The Balaban J connectivity index is 2.03. The molecule has 0 heterocycles. The zero-order chi connectivity index (χ0) is 15.2. The topological polar surface area (TPSA) is 30.5 Å². The fourth-order valence-corrected chi connectivity index (χ4v) is 2.09. The molecule has 0 radical (unpaired) electrons. The molecule has 0 amide bonds. The number of rotatable bonds is 6. The van der Waals surface area contributed by atoms with Gasteiger partial charge in [-0.2, -0.15) is 0 Å². The van der Waals surface area contributed by atoms with E-state index in [0.29, 0.717) is 30.2 Å². The lowest BCUT2D eigenvalue weighted by molar-refractivity contribution is 0.350. The molecule has 0 fully saturated rings. The minimum Gasteiger partial charge on any atom is -0.493 e. The highest BCUT2D eigenvalue weighted by atomic mass is 19.1. The molecule has 0 atom stereocenters. The van der Waals surface area contributed by atoms with Gasteiger partial charge in [-0.3, -0.25) is 0 Å². The maximum absolute atomic E-state index is 13.5. The van der Waals surface area contributed by atoms with E-state index in [9.17, 15) is 8.78 Å². The summed E-state index contributed by atoms with van der Waals surface area (Å²) in [5.41, 5.74) is 1.32. The first-order chi connectivity index (χ1) is 10.2. The molecule has 112 valence electrons. The molecule has 0 bridgehead atoms. The lowest BCUT2D eigenvalue weighted by Gasteiger charge is -2.13. The van der Waals surface area contributed by atoms with Crippen LogP contribution in [-0.4, -0.2) is 14.2 Å². The van der Waals surface area contributed by atoms with Gasteiger partial charge in [0.1, 0.15) is 11.6 Å². The van der Waals surface area contributed by atoms with Crippen molar-refractivity contribution in [2.24, 2.45) is 0 Å². The van der Waals surface area contributed by atoms with Crippen molar-refractivity contribution in [3.05, 3.63) is 59.2 Å². The molecule has 2 aromatic carbocycles. The molecule has 0 unspecified atom stereocenters. The summed E-state index contributed by atoms with van der Waals surface area (Å²) in [6.07, 6.45) is 0. The number of benzene rings is 2. The Bertz CT molecular complexity index is 617. The van der Waals surface area contributed by atoms with Crippen molar-refractivity contribution in [1.82, 2.24) is 5.32 Å². The predicted molar refractivity (Wildman–Crippen MR) is 76.4 cm³/mol. The second kappa shape index (κ2) is 7.04. The fourth-order valence-electron chi connectivity index (χ4n) is 2.09. The normalized spacial score (nSPS) is 10.5. The van der Waals surface area contributed by atoms with Gasteiger partial charge in [-0.15, -0.1) is 0 Å². The van der Waals surface area contributed by atoms with E-state index in [-0.39, 0.29) is 0 Å². The summed E-state index contributed by atoms with van der Waals surface area (Å²) >= 11 is 0. The van der Waals surface area contributed by atoms with Crippen LogP contribution >= 0.6 is 0 Å². The number of halogens is 2. The number of para-hydroxylation sites is 1. The average Bonchev–Trinajstić information content (AvgIpc) is 2.49. The van der Waals surface area contributed by atoms with Gasteiger partial charge >= 0.3 is 0 Å². The highest BCUT2D eigenvalue weighted by Gasteiger charge is 2.09. The Hall–Kier alpha value is -2.14. The van der Waals surface area contributed by atoms with Crippen LogP contribution in [0, 0.1) is 11.6 Å². The highest BCUT2D eigenvalue weighted by molar-refractivity contribution is 5.46. The Morgan fingerprint density at radius 3 is 2.38 bits per heavy atom. The van der Waals surface area contributed by atoms with Gasteiger partial charge < -0.3 is 14.8 Å². The molecule has 21 heavy (non-hydrogen) atoms. The molecule has 0 aromatic heterocycles. The van der Waals surface area contributed by atoms with Crippen LogP contribution in [0.25, 0.3) is 0 Å². The van der Waals surface area contributed by atoms with Gasteiger partial charge in [0, 0.05) is 30.3 Å². The SMILES string of the molecule is COc1cccc(CNCc2ccc(F)cc2F)c1OC. The first-order valence-electron chi connectivity index (χ1n) is 6.50. The zero-order valence-corrected chi connectivity index (χ0v) is 12.0. The number of nitrogens with one attached hydrogen (secondary N) is 1. The molecule has 2 rings (SSSR count). The maximum atomic E-state index is 13.5. The number of ether oxygens (including phenoxy) is 2.